The van der Waals surface area contributed by atoms with Gasteiger partial charge in [0, 0.05) is 8.59 Å². The molecule has 0 fully saturated rings. The predicted octanol–water partition coefficient (Wildman–Crippen LogP) is 4.48. The van der Waals surface area contributed by atoms with Crippen LogP contribution in [0.5, 0.6) is 0 Å². The van der Waals surface area contributed by atoms with Gasteiger partial charge in [-0.25, -0.2) is 8.78 Å². The fourth-order valence-electron chi connectivity index (χ4n) is 1.46. The molecule has 2 rings (SSSR count). The first-order valence-corrected chi connectivity index (χ1v) is 6.65. The van der Waals surface area contributed by atoms with Crippen molar-refractivity contribution in [3.8, 4) is 0 Å². The van der Waals surface area contributed by atoms with E-state index in [1.165, 1.54) is 12.1 Å². The summed E-state index contributed by atoms with van der Waals surface area (Å²) in [4.78, 5) is 11.9. The van der Waals surface area contributed by atoms with Crippen LogP contribution in [-0.2, 0) is 0 Å². The SMILES string of the molecule is O=C(Nc1ccc(Cl)cc1I)c1cccc(F)c1F. The molecule has 0 aliphatic carbocycles. The van der Waals surface area contributed by atoms with Gasteiger partial charge in [-0.05, 0) is 52.9 Å². The first kappa shape index (κ1) is 14.2. The number of rotatable bonds is 2. The number of amides is 1. The van der Waals surface area contributed by atoms with E-state index in [1.54, 1.807) is 18.2 Å². The van der Waals surface area contributed by atoms with E-state index in [9.17, 15) is 13.6 Å². The van der Waals surface area contributed by atoms with Crippen LogP contribution < -0.4 is 5.32 Å². The van der Waals surface area contributed by atoms with E-state index in [-0.39, 0.29) is 5.56 Å². The maximum absolute atomic E-state index is 13.5. The molecule has 2 nitrogen and oxygen atoms in total. The summed E-state index contributed by atoms with van der Waals surface area (Å²) in [5.74, 6) is -2.93. The zero-order chi connectivity index (χ0) is 14.0. The Morgan fingerprint density at radius 1 is 1.21 bits per heavy atom. The van der Waals surface area contributed by atoms with Crippen molar-refractivity contribution in [3.05, 3.63) is 62.2 Å². The molecule has 0 spiro atoms. The molecule has 0 unspecified atom stereocenters. The molecule has 2 aromatic carbocycles. The summed E-state index contributed by atoms with van der Waals surface area (Å²) >= 11 is 7.78. The zero-order valence-corrected chi connectivity index (χ0v) is 12.3. The van der Waals surface area contributed by atoms with Crippen LogP contribution in [0.25, 0.3) is 0 Å². The van der Waals surface area contributed by atoms with Crippen LogP contribution in [0.4, 0.5) is 14.5 Å². The summed E-state index contributed by atoms with van der Waals surface area (Å²) in [5.41, 5.74) is 0.143. The second kappa shape index (κ2) is 5.83. The standard InChI is InChI=1S/C13H7ClF2INO/c14-7-4-5-11(10(17)6-7)18-13(19)8-2-1-3-9(15)12(8)16/h1-6H,(H,18,19). The van der Waals surface area contributed by atoms with E-state index >= 15 is 0 Å². The Labute approximate surface area is 126 Å². The van der Waals surface area contributed by atoms with Crippen LogP contribution in [0.3, 0.4) is 0 Å². The van der Waals surface area contributed by atoms with Gasteiger partial charge in [0.2, 0.25) is 0 Å². The number of hydrogen-bond donors (Lipinski definition) is 1. The van der Waals surface area contributed by atoms with Crippen molar-refractivity contribution < 1.29 is 13.6 Å². The third-order valence-corrected chi connectivity index (χ3v) is 3.50. The normalized spacial score (nSPS) is 10.3. The highest BCUT2D eigenvalue weighted by Gasteiger charge is 2.15. The Kier molecular flexibility index (Phi) is 4.36. The molecule has 0 atom stereocenters. The molecular formula is C13H7ClF2INO. The number of anilines is 1. The van der Waals surface area contributed by atoms with Gasteiger partial charge in [-0.3, -0.25) is 4.79 Å². The Hall–Kier alpha value is -1.21. The summed E-state index contributed by atoms with van der Waals surface area (Å²) in [6, 6.07) is 8.30. The molecule has 0 aliphatic rings. The van der Waals surface area contributed by atoms with Crippen molar-refractivity contribution >= 4 is 45.8 Å². The lowest BCUT2D eigenvalue weighted by molar-refractivity contribution is 0.102. The van der Waals surface area contributed by atoms with Gasteiger partial charge in [-0.1, -0.05) is 17.7 Å². The van der Waals surface area contributed by atoms with Crippen molar-refractivity contribution in [2.24, 2.45) is 0 Å². The average molecular weight is 394 g/mol. The largest absolute Gasteiger partial charge is 0.321 e. The predicted molar refractivity (Wildman–Crippen MR) is 78.5 cm³/mol. The monoisotopic (exact) mass is 393 g/mol. The molecule has 0 saturated heterocycles. The molecule has 0 radical (unpaired) electrons. The third kappa shape index (κ3) is 3.22. The first-order valence-electron chi connectivity index (χ1n) is 5.19. The zero-order valence-electron chi connectivity index (χ0n) is 9.38. The third-order valence-electron chi connectivity index (χ3n) is 2.38. The number of nitrogens with one attached hydrogen (secondary N) is 1. The minimum Gasteiger partial charge on any atom is -0.321 e. The highest BCUT2D eigenvalue weighted by atomic mass is 127. The van der Waals surface area contributed by atoms with Crippen molar-refractivity contribution in [3.63, 3.8) is 0 Å². The van der Waals surface area contributed by atoms with Gasteiger partial charge < -0.3 is 5.32 Å². The minimum atomic E-state index is -1.16. The number of carbonyl (C=O) groups excluding carboxylic acids is 1. The van der Waals surface area contributed by atoms with Gasteiger partial charge in [-0.2, -0.15) is 0 Å². The van der Waals surface area contributed by atoms with Gasteiger partial charge in [-0.15, -0.1) is 0 Å². The molecule has 6 heteroatoms. The smallest absolute Gasteiger partial charge is 0.258 e. The van der Waals surface area contributed by atoms with E-state index in [0.717, 1.165) is 6.07 Å². The van der Waals surface area contributed by atoms with Crippen LogP contribution >= 0.6 is 34.2 Å². The Morgan fingerprint density at radius 3 is 2.63 bits per heavy atom. The molecule has 0 aromatic heterocycles. The Morgan fingerprint density at radius 2 is 1.95 bits per heavy atom. The van der Waals surface area contributed by atoms with E-state index in [4.69, 9.17) is 11.6 Å². The molecule has 2 aromatic rings. The van der Waals surface area contributed by atoms with E-state index in [0.29, 0.717) is 14.3 Å². The molecule has 0 saturated carbocycles. The summed E-state index contributed by atoms with van der Waals surface area (Å²) < 4.78 is 27.2. The lowest BCUT2D eigenvalue weighted by Crippen LogP contribution is -2.15. The molecule has 0 aliphatic heterocycles. The lowest BCUT2D eigenvalue weighted by Gasteiger charge is -2.08. The molecule has 1 N–H and O–H groups in total. The van der Waals surface area contributed by atoms with Gasteiger partial charge in [0.15, 0.2) is 11.6 Å². The highest BCUT2D eigenvalue weighted by Crippen LogP contribution is 2.23. The van der Waals surface area contributed by atoms with Crippen molar-refractivity contribution in [2.75, 3.05) is 5.32 Å². The van der Waals surface area contributed by atoms with Gasteiger partial charge in [0.1, 0.15) is 0 Å². The van der Waals surface area contributed by atoms with Crippen LogP contribution in [0, 0.1) is 15.2 Å². The number of benzene rings is 2. The number of hydrogen-bond acceptors (Lipinski definition) is 1. The van der Waals surface area contributed by atoms with Crippen LogP contribution in [-0.4, -0.2) is 5.91 Å². The minimum absolute atomic E-state index is 0.342. The van der Waals surface area contributed by atoms with E-state index in [2.05, 4.69) is 5.32 Å². The van der Waals surface area contributed by atoms with Gasteiger partial charge >= 0.3 is 0 Å². The average Bonchev–Trinajstić information content (AvgIpc) is 2.36. The van der Waals surface area contributed by atoms with Gasteiger partial charge in [0.25, 0.3) is 5.91 Å². The molecule has 1 amide bonds. The highest BCUT2D eigenvalue weighted by molar-refractivity contribution is 14.1. The first-order chi connectivity index (χ1) is 8.99. The van der Waals surface area contributed by atoms with Gasteiger partial charge in [0.05, 0.1) is 11.3 Å². The van der Waals surface area contributed by atoms with Crippen LogP contribution in [0.2, 0.25) is 5.02 Å². The summed E-state index contributed by atoms with van der Waals surface area (Å²) in [5, 5.41) is 3.04. The molecule has 98 valence electrons. The summed E-state index contributed by atoms with van der Waals surface area (Å²) in [6.07, 6.45) is 0. The molecule has 0 bridgehead atoms. The maximum Gasteiger partial charge on any atom is 0.258 e. The summed E-state index contributed by atoms with van der Waals surface area (Å²) in [7, 11) is 0. The molecule has 0 heterocycles. The fraction of sp³-hybridized carbons (Fsp3) is 0. The number of carbonyl (C=O) groups is 1. The lowest BCUT2D eigenvalue weighted by atomic mass is 10.2. The van der Waals surface area contributed by atoms with E-state index in [1.807, 2.05) is 22.6 Å². The second-order valence-corrected chi connectivity index (χ2v) is 5.28. The Balaban J connectivity index is 2.28. The number of halogens is 4. The topological polar surface area (TPSA) is 29.1 Å². The molecular weight excluding hydrogens is 387 g/mol. The maximum atomic E-state index is 13.5. The Bertz CT molecular complexity index is 649. The van der Waals surface area contributed by atoms with Crippen molar-refractivity contribution in [2.45, 2.75) is 0 Å². The van der Waals surface area contributed by atoms with Crippen molar-refractivity contribution in [1.29, 1.82) is 0 Å². The van der Waals surface area contributed by atoms with E-state index < -0.39 is 17.5 Å². The quantitative estimate of drug-likeness (QED) is 0.749. The summed E-state index contributed by atoms with van der Waals surface area (Å²) in [6.45, 7) is 0. The fourth-order valence-corrected chi connectivity index (χ4v) is 2.47. The van der Waals surface area contributed by atoms with Crippen LogP contribution in [0.1, 0.15) is 10.4 Å². The second-order valence-electron chi connectivity index (χ2n) is 3.68. The van der Waals surface area contributed by atoms with Crippen LogP contribution in [0.15, 0.2) is 36.4 Å². The molecule has 19 heavy (non-hydrogen) atoms. The van der Waals surface area contributed by atoms with Crippen molar-refractivity contribution in [1.82, 2.24) is 0 Å².